The molecular weight excluding hydrogens is 615 g/mol. The largest absolute Gasteiger partial charge is 0.497 e. The third kappa shape index (κ3) is 8.86. The zero-order valence-electron chi connectivity index (χ0n) is 30.2. The van der Waals surface area contributed by atoms with Crippen LogP contribution in [0.2, 0.25) is 5.04 Å². The molecule has 4 rings (SSSR count). The summed E-state index contributed by atoms with van der Waals surface area (Å²) in [5.41, 5.74) is 2.20. The number of benzene rings is 3. The van der Waals surface area contributed by atoms with Gasteiger partial charge in [-0.15, -0.1) is 0 Å². The molecule has 0 radical (unpaired) electrons. The van der Waals surface area contributed by atoms with Gasteiger partial charge < -0.3 is 23.5 Å². The number of hydrogen-bond acceptors (Lipinski definition) is 5. The molecule has 0 aliphatic carbocycles. The summed E-state index contributed by atoms with van der Waals surface area (Å²) in [5, 5.41) is 2.46. The molecular formula is C41H57NO5Si. The van der Waals surface area contributed by atoms with Crippen molar-refractivity contribution in [2.45, 2.75) is 77.0 Å². The van der Waals surface area contributed by atoms with Crippen LogP contribution < -0.4 is 15.1 Å². The second-order valence-electron chi connectivity index (χ2n) is 14.3. The maximum Gasteiger partial charge on any atom is 0.261 e. The van der Waals surface area contributed by atoms with Gasteiger partial charge in [-0.1, -0.05) is 106 Å². The van der Waals surface area contributed by atoms with Crippen LogP contribution in [0, 0.1) is 11.8 Å². The van der Waals surface area contributed by atoms with Crippen LogP contribution in [0.4, 0.5) is 0 Å². The third-order valence-electron chi connectivity index (χ3n) is 10.1. The predicted molar refractivity (Wildman–Crippen MR) is 199 cm³/mol. The Morgan fingerprint density at radius 2 is 1.56 bits per heavy atom. The number of carbonyl (C=O) groups excluding carboxylic acids is 1. The molecule has 0 bridgehead atoms. The Labute approximate surface area is 290 Å². The van der Waals surface area contributed by atoms with Crippen LogP contribution in [0.3, 0.4) is 0 Å². The summed E-state index contributed by atoms with van der Waals surface area (Å²) in [5.74, 6) is 0.780. The maximum absolute atomic E-state index is 14.6. The molecule has 1 aliphatic rings. The average Bonchev–Trinajstić information content (AvgIpc) is 3.50. The summed E-state index contributed by atoms with van der Waals surface area (Å²) in [4.78, 5) is 16.6. The molecule has 6 nitrogen and oxygen atoms in total. The van der Waals surface area contributed by atoms with Gasteiger partial charge in [0, 0.05) is 33.3 Å². The fourth-order valence-corrected chi connectivity index (χ4v) is 12.2. The van der Waals surface area contributed by atoms with Gasteiger partial charge in [0.2, 0.25) is 5.91 Å². The van der Waals surface area contributed by atoms with Gasteiger partial charge in [-0.2, -0.15) is 0 Å². The van der Waals surface area contributed by atoms with E-state index in [0.29, 0.717) is 26.2 Å². The van der Waals surface area contributed by atoms with Crippen molar-refractivity contribution >= 4 is 24.6 Å². The number of methoxy groups -OCH3 is 3. The molecule has 1 saturated heterocycles. The molecule has 0 aromatic heterocycles. The summed E-state index contributed by atoms with van der Waals surface area (Å²) in [6, 6.07) is 29.7. The molecule has 0 spiro atoms. The summed E-state index contributed by atoms with van der Waals surface area (Å²) in [7, 11) is 2.46. The molecule has 4 atom stereocenters. The summed E-state index contributed by atoms with van der Waals surface area (Å²) in [6.45, 7) is 15.1. The van der Waals surface area contributed by atoms with E-state index >= 15 is 0 Å². The molecule has 0 N–H and O–H groups in total. The lowest BCUT2D eigenvalue weighted by Crippen LogP contribution is -2.66. The number of likely N-dealkylation sites (tertiary alicyclic amines) is 1. The third-order valence-corrected chi connectivity index (χ3v) is 15.1. The van der Waals surface area contributed by atoms with Crippen molar-refractivity contribution in [1.82, 2.24) is 4.90 Å². The zero-order valence-corrected chi connectivity index (χ0v) is 31.2. The van der Waals surface area contributed by atoms with Crippen LogP contribution in [0.1, 0.15) is 58.9 Å². The smallest absolute Gasteiger partial charge is 0.261 e. The fraction of sp³-hybridized carbons (Fsp3) is 0.488. The van der Waals surface area contributed by atoms with E-state index in [1.165, 1.54) is 10.4 Å². The second-order valence-corrected chi connectivity index (χ2v) is 18.6. The van der Waals surface area contributed by atoms with Gasteiger partial charge in [0.25, 0.3) is 8.32 Å². The number of carbonyl (C=O) groups is 1. The molecule has 1 aliphatic heterocycles. The van der Waals surface area contributed by atoms with E-state index in [2.05, 4.69) is 107 Å². The second kappa shape index (κ2) is 17.4. The molecule has 3 aromatic carbocycles. The first-order valence-corrected chi connectivity index (χ1v) is 19.3. The first-order valence-electron chi connectivity index (χ1n) is 17.4. The van der Waals surface area contributed by atoms with Crippen LogP contribution in [0.15, 0.2) is 97.1 Å². The van der Waals surface area contributed by atoms with Crippen molar-refractivity contribution in [2.24, 2.45) is 11.8 Å². The van der Waals surface area contributed by atoms with Gasteiger partial charge in [-0.05, 0) is 78.1 Å². The summed E-state index contributed by atoms with van der Waals surface area (Å²) < 4.78 is 24.0. The highest BCUT2D eigenvalue weighted by atomic mass is 28.4. The van der Waals surface area contributed by atoms with E-state index in [1.807, 2.05) is 17.0 Å². The van der Waals surface area contributed by atoms with Gasteiger partial charge in [-0.3, -0.25) is 4.79 Å². The van der Waals surface area contributed by atoms with Gasteiger partial charge in [-0.25, -0.2) is 0 Å². The predicted octanol–water partition coefficient (Wildman–Crippen LogP) is 7.06. The Morgan fingerprint density at radius 1 is 0.917 bits per heavy atom. The van der Waals surface area contributed by atoms with Crippen molar-refractivity contribution in [3.8, 4) is 5.75 Å². The van der Waals surface area contributed by atoms with E-state index in [1.54, 1.807) is 21.3 Å². The lowest BCUT2D eigenvalue weighted by molar-refractivity contribution is -0.139. The number of amides is 1. The molecule has 1 fully saturated rings. The van der Waals surface area contributed by atoms with E-state index < -0.39 is 8.32 Å². The minimum Gasteiger partial charge on any atom is -0.497 e. The average molecular weight is 672 g/mol. The highest BCUT2D eigenvalue weighted by Crippen LogP contribution is 2.38. The van der Waals surface area contributed by atoms with E-state index in [-0.39, 0.29) is 34.9 Å². The molecule has 3 aromatic rings. The quantitative estimate of drug-likeness (QED) is 0.0875. The molecule has 260 valence electrons. The molecule has 48 heavy (non-hydrogen) atoms. The van der Waals surface area contributed by atoms with Crippen molar-refractivity contribution < 1.29 is 23.4 Å². The van der Waals surface area contributed by atoms with Crippen LogP contribution >= 0.6 is 0 Å². The van der Waals surface area contributed by atoms with Crippen LogP contribution in [0.25, 0.3) is 0 Å². The van der Waals surface area contributed by atoms with Gasteiger partial charge in [0.05, 0.1) is 25.9 Å². The van der Waals surface area contributed by atoms with Crippen molar-refractivity contribution in [3.63, 3.8) is 0 Å². The SMILES string of the molecule is C=C(C)[C@H](CCCO[Si](c1ccccc1)(c1ccccc1)C(C)(C)C)[C@@H](CCc1cccc(OC)c1)C(=O)N1C[C@H](OC)C[C@H]1COC. The van der Waals surface area contributed by atoms with Gasteiger partial charge in [0.1, 0.15) is 5.75 Å². The first kappa shape index (κ1) is 37.6. The lowest BCUT2D eigenvalue weighted by atomic mass is 9.79. The van der Waals surface area contributed by atoms with Crippen LogP contribution in [0.5, 0.6) is 5.75 Å². The Balaban J connectivity index is 1.60. The van der Waals surface area contributed by atoms with E-state index in [9.17, 15) is 4.79 Å². The van der Waals surface area contributed by atoms with E-state index in [4.69, 9.17) is 18.6 Å². The van der Waals surface area contributed by atoms with E-state index in [0.717, 1.165) is 42.6 Å². The molecule has 0 saturated carbocycles. The number of ether oxygens (including phenoxy) is 3. The van der Waals surface area contributed by atoms with Crippen LogP contribution in [-0.2, 0) is 25.1 Å². The van der Waals surface area contributed by atoms with Gasteiger partial charge in [0.15, 0.2) is 0 Å². The molecule has 7 heteroatoms. The standard InChI is InChI=1S/C41H57NO5Si/c1-31(2)38(23-16-26-47-48(41(3,4)5,36-19-11-9-12-20-36)37-21-13-10-14-22-37)39(25-24-32-17-15-18-34(27-32)45-7)40(43)42-29-35(46-8)28-33(42)30-44-6/h9-15,17-22,27,33,35,38-39H,1,16,23-26,28-30H2,2-8H3/t33-,35+,38-,39+/m0/s1. The Kier molecular flexibility index (Phi) is 13.6. The van der Waals surface area contributed by atoms with Gasteiger partial charge >= 0.3 is 0 Å². The van der Waals surface area contributed by atoms with Crippen molar-refractivity contribution in [3.05, 3.63) is 103 Å². The Hall–Kier alpha value is -3.23. The summed E-state index contributed by atoms with van der Waals surface area (Å²) >= 11 is 0. The minimum absolute atomic E-state index is 0.00368. The molecule has 1 amide bonds. The Morgan fingerprint density at radius 3 is 2.10 bits per heavy atom. The highest BCUT2D eigenvalue weighted by Gasteiger charge is 2.50. The van der Waals surface area contributed by atoms with Crippen molar-refractivity contribution in [2.75, 3.05) is 41.1 Å². The molecule has 1 heterocycles. The normalized spacial score (nSPS) is 18.0. The number of aryl methyl sites for hydroxylation is 1. The minimum atomic E-state index is -2.65. The zero-order chi connectivity index (χ0) is 34.7. The number of hydrogen-bond donors (Lipinski definition) is 0. The maximum atomic E-state index is 14.6. The number of nitrogens with zero attached hydrogens (tertiary/aromatic N) is 1. The number of rotatable bonds is 17. The molecule has 0 unspecified atom stereocenters. The van der Waals surface area contributed by atoms with Crippen LogP contribution in [-0.4, -0.2) is 72.4 Å². The Bertz CT molecular complexity index is 1400. The highest BCUT2D eigenvalue weighted by molar-refractivity contribution is 6.99. The van der Waals surface area contributed by atoms with Crippen molar-refractivity contribution in [1.29, 1.82) is 0 Å². The summed E-state index contributed by atoms with van der Waals surface area (Å²) in [6.07, 6.45) is 3.92. The lowest BCUT2D eigenvalue weighted by Gasteiger charge is -2.43. The monoisotopic (exact) mass is 671 g/mol. The topological polar surface area (TPSA) is 57.2 Å². The first-order chi connectivity index (χ1) is 23.0. The fourth-order valence-electron chi connectivity index (χ4n) is 7.61. The number of allylic oxidation sites excluding steroid dienone is 1.